The molecule has 116 valence electrons. The van der Waals surface area contributed by atoms with Gasteiger partial charge < -0.3 is 10.5 Å². The second-order valence-corrected chi connectivity index (χ2v) is 5.38. The Hall–Kier alpha value is -2.95. The molecule has 3 aromatic rings. The van der Waals surface area contributed by atoms with Crippen molar-refractivity contribution in [2.24, 2.45) is 0 Å². The molecule has 0 radical (unpaired) electrons. The highest BCUT2D eigenvalue weighted by atomic mass is 19.1. The predicted molar refractivity (Wildman–Crippen MR) is 87.8 cm³/mol. The molecule has 0 aliphatic carbocycles. The molecule has 0 fully saturated rings. The van der Waals surface area contributed by atoms with E-state index in [0.29, 0.717) is 17.1 Å². The third-order valence-corrected chi connectivity index (χ3v) is 3.35. The molecule has 0 amide bonds. The number of hydrogen-bond acceptors (Lipinski definition) is 4. The molecule has 2 aromatic carbocycles. The Morgan fingerprint density at radius 3 is 2.43 bits per heavy atom. The Labute approximate surface area is 133 Å². The van der Waals surface area contributed by atoms with Gasteiger partial charge in [0.25, 0.3) is 0 Å². The molecule has 5 heteroatoms. The SMILES string of the molecule is Cc1cc(C)cc(-c2ncnc(Oc3cccc(F)c3)c2N)c1. The molecule has 0 aliphatic rings. The first-order chi connectivity index (χ1) is 11.0. The Morgan fingerprint density at radius 2 is 1.74 bits per heavy atom. The van der Waals surface area contributed by atoms with Crippen LogP contribution < -0.4 is 10.5 Å². The van der Waals surface area contributed by atoms with Crippen molar-refractivity contribution >= 4 is 5.69 Å². The van der Waals surface area contributed by atoms with E-state index in [1.165, 1.54) is 18.5 Å². The van der Waals surface area contributed by atoms with Crippen molar-refractivity contribution < 1.29 is 9.13 Å². The molecule has 2 N–H and O–H groups in total. The van der Waals surface area contributed by atoms with Crippen molar-refractivity contribution in [1.82, 2.24) is 9.97 Å². The van der Waals surface area contributed by atoms with Crippen molar-refractivity contribution in [2.45, 2.75) is 13.8 Å². The summed E-state index contributed by atoms with van der Waals surface area (Å²) in [7, 11) is 0. The maximum absolute atomic E-state index is 13.3. The van der Waals surface area contributed by atoms with Gasteiger partial charge in [0.1, 0.15) is 29.3 Å². The van der Waals surface area contributed by atoms with Crippen molar-refractivity contribution in [3.05, 3.63) is 65.7 Å². The number of nitrogens with zero attached hydrogens (tertiary/aromatic N) is 2. The van der Waals surface area contributed by atoms with E-state index in [4.69, 9.17) is 10.5 Å². The van der Waals surface area contributed by atoms with Gasteiger partial charge in [-0.15, -0.1) is 0 Å². The van der Waals surface area contributed by atoms with Crippen LogP contribution in [0.15, 0.2) is 48.8 Å². The van der Waals surface area contributed by atoms with E-state index in [1.807, 2.05) is 26.0 Å². The highest BCUT2D eigenvalue weighted by molar-refractivity contribution is 5.76. The van der Waals surface area contributed by atoms with E-state index >= 15 is 0 Å². The number of hydrogen-bond donors (Lipinski definition) is 1. The standard InChI is InChI=1S/C18H16FN3O/c1-11-6-12(2)8-13(7-11)17-16(20)18(22-10-21-17)23-15-5-3-4-14(19)9-15/h3-10H,20H2,1-2H3. The van der Waals surface area contributed by atoms with Crippen LogP contribution in [0.4, 0.5) is 10.1 Å². The van der Waals surface area contributed by atoms with E-state index in [0.717, 1.165) is 16.7 Å². The lowest BCUT2D eigenvalue weighted by atomic mass is 10.0. The maximum atomic E-state index is 13.3. The minimum atomic E-state index is -0.385. The van der Waals surface area contributed by atoms with E-state index in [2.05, 4.69) is 16.0 Å². The van der Waals surface area contributed by atoms with Gasteiger partial charge in [-0.05, 0) is 38.1 Å². The van der Waals surface area contributed by atoms with Crippen LogP contribution in [0.2, 0.25) is 0 Å². The fourth-order valence-electron chi connectivity index (χ4n) is 2.44. The molecule has 1 aromatic heterocycles. The zero-order chi connectivity index (χ0) is 16.4. The Bertz CT molecular complexity index is 844. The lowest BCUT2D eigenvalue weighted by Crippen LogP contribution is -2.00. The number of rotatable bonds is 3. The second kappa shape index (κ2) is 6.04. The number of benzene rings is 2. The summed E-state index contributed by atoms with van der Waals surface area (Å²) in [6, 6.07) is 11.9. The van der Waals surface area contributed by atoms with Gasteiger partial charge in [-0.3, -0.25) is 0 Å². The number of nitrogens with two attached hydrogens (primary N) is 1. The third kappa shape index (κ3) is 3.29. The van der Waals surface area contributed by atoms with Crippen LogP contribution in [0.1, 0.15) is 11.1 Å². The van der Waals surface area contributed by atoms with Gasteiger partial charge in [-0.2, -0.15) is 4.98 Å². The zero-order valence-electron chi connectivity index (χ0n) is 12.9. The molecular formula is C18H16FN3O. The number of aromatic nitrogens is 2. The van der Waals surface area contributed by atoms with Crippen LogP contribution in [0, 0.1) is 19.7 Å². The summed E-state index contributed by atoms with van der Waals surface area (Å²) in [5.41, 5.74) is 10.2. The summed E-state index contributed by atoms with van der Waals surface area (Å²) in [6.45, 7) is 4.02. The highest BCUT2D eigenvalue weighted by Crippen LogP contribution is 2.33. The van der Waals surface area contributed by atoms with Gasteiger partial charge in [0.15, 0.2) is 0 Å². The lowest BCUT2D eigenvalue weighted by molar-refractivity contribution is 0.459. The summed E-state index contributed by atoms with van der Waals surface area (Å²) in [5, 5.41) is 0. The van der Waals surface area contributed by atoms with Crippen LogP contribution in [0.5, 0.6) is 11.6 Å². The molecule has 0 saturated heterocycles. The fraction of sp³-hybridized carbons (Fsp3) is 0.111. The first-order valence-electron chi connectivity index (χ1n) is 7.15. The number of anilines is 1. The third-order valence-electron chi connectivity index (χ3n) is 3.35. The van der Waals surface area contributed by atoms with Crippen molar-refractivity contribution in [1.29, 1.82) is 0 Å². The minimum Gasteiger partial charge on any atom is -0.437 e. The molecule has 23 heavy (non-hydrogen) atoms. The van der Waals surface area contributed by atoms with Crippen LogP contribution in [0.25, 0.3) is 11.3 Å². The number of halogens is 1. The first kappa shape index (κ1) is 15.0. The summed E-state index contributed by atoms with van der Waals surface area (Å²) >= 11 is 0. The highest BCUT2D eigenvalue weighted by Gasteiger charge is 2.13. The van der Waals surface area contributed by atoms with Gasteiger partial charge in [0.05, 0.1) is 0 Å². The molecule has 0 bridgehead atoms. The smallest absolute Gasteiger partial charge is 0.246 e. The molecule has 4 nitrogen and oxygen atoms in total. The van der Waals surface area contributed by atoms with Gasteiger partial charge in [-0.1, -0.05) is 23.3 Å². The van der Waals surface area contributed by atoms with E-state index in [9.17, 15) is 4.39 Å². The Morgan fingerprint density at radius 1 is 1.00 bits per heavy atom. The second-order valence-electron chi connectivity index (χ2n) is 5.38. The normalized spacial score (nSPS) is 10.6. The molecule has 1 heterocycles. The quantitative estimate of drug-likeness (QED) is 0.784. The van der Waals surface area contributed by atoms with Crippen LogP contribution in [-0.2, 0) is 0 Å². The van der Waals surface area contributed by atoms with Crippen molar-refractivity contribution in [3.8, 4) is 22.9 Å². The van der Waals surface area contributed by atoms with Crippen molar-refractivity contribution in [2.75, 3.05) is 5.73 Å². The number of aryl methyl sites for hydroxylation is 2. The van der Waals surface area contributed by atoms with Crippen LogP contribution in [0.3, 0.4) is 0 Å². The average molecular weight is 309 g/mol. The summed E-state index contributed by atoms with van der Waals surface area (Å²) < 4.78 is 18.9. The fourth-order valence-corrected chi connectivity index (χ4v) is 2.44. The Kier molecular flexibility index (Phi) is 3.93. The van der Waals surface area contributed by atoms with Gasteiger partial charge in [0.2, 0.25) is 5.88 Å². The molecular weight excluding hydrogens is 293 g/mol. The van der Waals surface area contributed by atoms with E-state index < -0.39 is 0 Å². The summed E-state index contributed by atoms with van der Waals surface area (Å²) in [6.07, 6.45) is 1.39. The number of nitrogen functional groups attached to an aromatic ring is 1. The topological polar surface area (TPSA) is 61.0 Å². The zero-order valence-corrected chi connectivity index (χ0v) is 12.9. The van der Waals surface area contributed by atoms with E-state index in [1.54, 1.807) is 12.1 Å². The molecule has 0 unspecified atom stereocenters. The van der Waals surface area contributed by atoms with Gasteiger partial charge in [0, 0.05) is 11.6 Å². The van der Waals surface area contributed by atoms with Gasteiger partial charge in [-0.25, -0.2) is 9.37 Å². The average Bonchev–Trinajstić information content (AvgIpc) is 2.48. The van der Waals surface area contributed by atoms with Gasteiger partial charge >= 0.3 is 0 Å². The number of ether oxygens (including phenoxy) is 1. The summed E-state index contributed by atoms with van der Waals surface area (Å²) in [4.78, 5) is 8.31. The molecule has 3 rings (SSSR count). The monoisotopic (exact) mass is 309 g/mol. The van der Waals surface area contributed by atoms with Crippen LogP contribution in [-0.4, -0.2) is 9.97 Å². The molecule has 0 aliphatic heterocycles. The molecule has 0 spiro atoms. The lowest BCUT2D eigenvalue weighted by Gasteiger charge is -2.11. The predicted octanol–water partition coefficient (Wildman–Crippen LogP) is 4.27. The van der Waals surface area contributed by atoms with Crippen LogP contribution >= 0.6 is 0 Å². The first-order valence-corrected chi connectivity index (χ1v) is 7.15. The summed E-state index contributed by atoms with van der Waals surface area (Å²) in [5.74, 6) is 0.159. The molecule has 0 atom stereocenters. The largest absolute Gasteiger partial charge is 0.437 e. The van der Waals surface area contributed by atoms with E-state index in [-0.39, 0.29) is 11.7 Å². The molecule has 0 saturated carbocycles. The Balaban J connectivity index is 2.01. The van der Waals surface area contributed by atoms with Crippen molar-refractivity contribution in [3.63, 3.8) is 0 Å². The maximum Gasteiger partial charge on any atom is 0.246 e. The minimum absolute atomic E-state index is 0.208.